The number of ether oxygens (including phenoxy) is 1. The van der Waals surface area contributed by atoms with Gasteiger partial charge in [0, 0.05) is 18.5 Å². The van der Waals surface area contributed by atoms with Crippen LogP contribution >= 0.6 is 11.3 Å². The van der Waals surface area contributed by atoms with Crippen molar-refractivity contribution in [3.8, 4) is 0 Å². The van der Waals surface area contributed by atoms with Crippen molar-refractivity contribution in [2.24, 2.45) is 0 Å². The number of anilines is 1. The predicted molar refractivity (Wildman–Crippen MR) is 100 cm³/mol. The standard InChI is InChI=1S/C17H22N2O4S2/c1-4-14-11-15(17(20)23-5-2)16(24-14)18-25(21,22)19(3)12-13-9-7-6-8-10-13/h6-11,18H,4-5,12H2,1-3H3. The molecule has 0 aliphatic carbocycles. The van der Waals surface area contributed by atoms with Crippen molar-refractivity contribution in [2.75, 3.05) is 18.4 Å². The van der Waals surface area contributed by atoms with Gasteiger partial charge in [-0.2, -0.15) is 12.7 Å². The van der Waals surface area contributed by atoms with Gasteiger partial charge in [-0.05, 0) is 25.0 Å². The van der Waals surface area contributed by atoms with E-state index in [4.69, 9.17) is 4.74 Å². The second kappa shape index (κ2) is 8.46. The number of rotatable bonds is 8. The number of thiophene rings is 1. The van der Waals surface area contributed by atoms with Crippen LogP contribution in [-0.2, 0) is 27.9 Å². The summed E-state index contributed by atoms with van der Waals surface area (Å²) in [4.78, 5) is 13.0. The Morgan fingerprint density at radius 2 is 1.92 bits per heavy atom. The first kappa shape index (κ1) is 19.4. The Morgan fingerprint density at radius 1 is 1.24 bits per heavy atom. The number of nitrogens with zero attached hydrogens (tertiary/aromatic N) is 1. The zero-order valence-corrected chi connectivity index (χ0v) is 16.1. The molecule has 0 fully saturated rings. The third kappa shape index (κ3) is 5.04. The summed E-state index contributed by atoms with van der Waals surface area (Å²) >= 11 is 1.25. The first-order valence-electron chi connectivity index (χ1n) is 7.95. The van der Waals surface area contributed by atoms with E-state index < -0.39 is 16.2 Å². The van der Waals surface area contributed by atoms with E-state index in [2.05, 4.69) is 4.72 Å². The van der Waals surface area contributed by atoms with Gasteiger partial charge in [0.15, 0.2) is 0 Å². The molecule has 0 aliphatic heterocycles. The van der Waals surface area contributed by atoms with Gasteiger partial charge in [-0.1, -0.05) is 37.3 Å². The summed E-state index contributed by atoms with van der Waals surface area (Å²) in [5.74, 6) is -0.526. The normalized spacial score (nSPS) is 11.5. The molecule has 25 heavy (non-hydrogen) atoms. The first-order valence-corrected chi connectivity index (χ1v) is 10.2. The fourth-order valence-corrected chi connectivity index (χ4v) is 4.31. The van der Waals surface area contributed by atoms with Crippen molar-refractivity contribution in [3.63, 3.8) is 0 Å². The molecule has 1 N–H and O–H groups in total. The Kier molecular flexibility index (Phi) is 6.57. The Bertz CT molecular complexity index is 816. The average molecular weight is 383 g/mol. The lowest BCUT2D eigenvalue weighted by Gasteiger charge is -2.18. The van der Waals surface area contributed by atoms with Crippen molar-refractivity contribution in [1.29, 1.82) is 0 Å². The number of nitrogens with one attached hydrogen (secondary N) is 1. The summed E-state index contributed by atoms with van der Waals surface area (Å²) in [6, 6.07) is 11.0. The lowest BCUT2D eigenvalue weighted by atomic mass is 10.2. The minimum absolute atomic E-state index is 0.232. The molecule has 136 valence electrons. The van der Waals surface area contributed by atoms with Crippen molar-refractivity contribution < 1.29 is 17.9 Å². The monoisotopic (exact) mass is 382 g/mol. The summed E-state index contributed by atoms with van der Waals surface area (Å²) in [6.45, 7) is 4.12. The van der Waals surface area contributed by atoms with Crippen LogP contribution in [0.25, 0.3) is 0 Å². The fourth-order valence-electron chi connectivity index (χ4n) is 2.17. The van der Waals surface area contributed by atoms with E-state index in [1.54, 1.807) is 13.0 Å². The quantitative estimate of drug-likeness (QED) is 0.711. The molecular formula is C17H22N2O4S2. The van der Waals surface area contributed by atoms with Gasteiger partial charge >= 0.3 is 16.2 Å². The van der Waals surface area contributed by atoms with E-state index in [9.17, 15) is 13.2 Å². The summed E-state index contributed by atoms with van der Waals surface area (Å²) in [5, 5.41) is 0.287. The van der Waals surface area contributed by atoms with Crippen LogP contribution in [0.2, 0.25) is 0 Å². The number of carbonyl (C=O) groups is 1. The van der Waals surface area contributed by atoms with Crippen LogP contribution in [0.1, 0.15) is 34.6 Å². The number of hydrogen-bond acceptors (Lipinski definition) is 5. The molecule has 6 nitrogen and oxygen atoms in total. The molecule has 0 unspecified atom stereocenters. The Morgan fingerprint density at radius 3 is 2.52 bits per heavy atom. The van der Waals surface area contributed by atoms with Crippen LogP contribution in [0, 0.1) is 0 Å². The van der Waals surface area contributed by atoms with Gasteiger partial charge in [-0.15, -0.1) is 11.3 Å². The third-order valence-electron chi connectivity index (χ3n) is 3.51. The van der Waals surface area contributed by atoms with Gasteiger partial charge in [0.1, 0.15) is 5.00 Å². The molecule has 0 aliphatic rings. The van der Waals surface area contributed by atoms with E-state index in [1.165, 1.54) is 22.7 Å². The first-order chi connectivity index (χ1) is 11.9. The van der Waals surface area contributed by atoms with E-state index in [-0.39, 0.29) is 23.7 Å². The molecule has 0 amide bonds. The van der Waals surface area contributed by atoms with Gasteiger partial charge in [0.05, 0.1) is 12.2 Å². The van der Waals surface area contributed by atoms with Gasteiger partial charge < -0.3 is 4.74 Å². The highest BCUT2D eigenvalue weighted by Crippen LogP contribution is 2.30. The van der Waals surface area contributed by atoms with Gasteiger partial charge in [-0.25, -0.2) is 4.79 Å². The van der Waals surface area contributed by atoms with Crippen molar-refractivity contribution in [3.05, 3.63) is 52.4 Å². The molecule has 1 aromatic heterocycles. The molecule has 1 aromatic carbocycles. The SMILES string of the molecule is CCOC(=O)c1cc(CC)sc1NS(=O)(=O)N(C)Cc1ccccc1. The Labute approximate surface area is 152 Å². The van der Waals surface area contributed by atoms with Gasteiger partial charge in [0.25, 0.3) is 0 Å². The minimum Gasteiger partial charge on any atom is -0.462 e. The Hall–Kier alpha value is -1.90. The second-order valence-electron chi connectivity index (χ2n) is 5.38. The maximum Gasteiger partial charge on any atom is 0.341 e. The zero-order chi connectivity index (χ0) is 18.4. The van der Waals surface area contributed by atoms with Crippen molar-refractivity contribution in [2.45, 2.75) is 26.8 Å². The van der Waals surface area contributed by atoms with Crippen LogP contribution in [-0.4, -0.2) is 32.3 Å². The van der Waals surface area contributed by atoms with E-state index in [1.807, 2.05) is 37.3 Å². The molecule has 0 spiro atoms. The highest BCUT2D eigenvalue weighted by Gasteiger charge is 2.24. The number of esters is 1. The van der Waals surface area contributed by atoms with E-state index in [0.717, 1.165) is 10.4 Å². The molecule has 0 atom stereocenters. The fraction of sp³-hybridized carbons (Fsp3) is 0.353. The summed E-state index contributed by atoms with van der Waals surface area (Å²) in [7, 11) is -2.30. The smallest absolute Gasteiger partial charge is 0.341 e. The largest absolute Gasteiger partial charge is 0.462 e. The highest BCUT2D eigenvalue weighted by molar-refractivity contribution is 7.90. The topological polar surface area (TPSA) is 75.7 Å². The van der Waals surface area contributed by atoms with Crippen LogP contribution < -0.4 is 4.72 Å². The van der Waals surface area contributed by atoms with Crippen LogP contribution in [0.3, 0.4) is 0 Å². The van der Waals surface area contributed by atoms with Crippen molar-refractivity contribution >= 4 is 32.5 Å². The van der Waals surface area contributed by atoms with E-state index >= 15 is 0 Å². The van der Waals surface area contributed by atoms with Crippen LogP contribution in [0.15, 0.2) is 36.4 Å². The molecule has 0 saturated carbocycles. The Balaban J connectivity index is 2.21. The van der Waals surface area contributed by atoms with Gasteiger partial charge in [-0.3, -0.25) is 4.72 Å². The molecular weight excluding hydrogens is 360 g/mol. The molecule has 2 aromatic rings. The van der Waals surface area contributed by atoms with Crippen LogP contribution in [0.4, 0.5) is 5.00 Å². The lowest BCUT2D eigenvalue weighted by molar-refractivity contribution is 0.0528. The maximum atomic E-state index is 12.6. The van der Waals surface area contributed by atoms with Crippen LogP contribution in [0.5, 0.6) is 0 Å². The second-order valence-corrected chi connectivity index (χ2v) is 8.29. The summed E-state index contributed by atoms with van der Waals surface area (Å²) < 4.78 is 34.0. The maximum absolute atomic E-state index is 12.6. The van der Waals surface area contributed by atoms with Gasteiger partial charge in [0.2, 0.25) is 0 Å². The summed E-state index contributed by atoms with van der Waals surface area (Å²) in [6.07, 6.45) is 0.707. The average Bonchev–Trinajstić information content (AvgIpc) is 2.98. The highest BCUT2D eigenvalue weighted by atomic mass is 32.2. The molecule has 0 bridgehead atoms. The molecule has 0 saturated heterocycles. The molecule has 8 heteroatoms. The minimum atomic E-state index is -3.79. The molecule has 1 heterocycles. The van der Waals surface area contributed by atoms with Crippen molar-refractivity contribution in [1.82, 2.24) is 4.31 Å². The third-order valence-corrected chi connectivity index (χ3v) is 6.24. The number of benzene rings is 1. The molecule has 0 radical (unpaired) electrons. The summed E-state index contributed by atoms with van der Waals surface area (Å²) in [5.41, 5.74) is 1.13. The number of carbonyl (C=O) groups excluding carboxylic acids is 1. The lowest BCUT2D eigenvalue weighted by Crippen LogP contribution is -2.32. The van der Waals surface area contributed by atoms with E-state index in [0.29, 0.717) is 6.42 Å². The predicted octanol–water partition coefficient (Wildman–Crippen LogP) is 3.28. The zero-order valence-electron chi connectivity index (χ0n) is 14.5. The number of aryl methyl sites for hydroxylation is 1. The molecule has 2 rings (SSSR count). The number of hydrogen-bond donors (Lipinski definition) is 1.